The van der Waals surface area contributed by atoms with Crippen LogP contribution >= 0.6 is 0 Å². The summed E-state index contributed by atoms with van der Waals surface area (Å²) in [6, 6.07) is 10.1. The van der Waals surface area contributed by atoms with E-state index in [4.69, 9.17) is 4.52 Å². The molecule has 0 N–H and O–H groups in total. The third kappa shape index (κ3) is 4.46. The van der Waals surface area contributed by atoms with Gasteiger partial charge < -0.3 is 14.3 Å². The molecular formula is C24H30N6O2. The molecule has 5 rings (SSSR count). The molecule has 1 amide bonds. The maximum Gasteiger partial charge on any atom is 0.278 e. The van der Waals surface area contributed by atoms with E-state index < -0.39 is 0 Å². The number of benzene rings is 1. The Balaban J connectivity index is 1.28. The van der Waals surface area contributed by atoms with Crippen LogP contribution in [0, 0.1) is 0 Å². The third-order valence-corrected chi connectivity index (χ3v) is 6.56. The molecule has 8 heteroatoms. The zero-order valence-corrected chi connectivity index (χ0v) is 18.7. The number of nitrogens with zero attached hydrogens (tertiary/aromatic N) is 6. The van der Waals surface area contributed by atoms with Gasteiger partial charge in [-0.3, -0.25) is 9.48 Å². The first-order valence-electron chi connectivity index (χ1n) is 11.6. The third-order valence-electron chi connectivity index (χ3n) is 6.56. The Morgan fingerprint density at radius 1 is 1.09 bits per heavy atom. The van der Waals surface area contributed by atoms with E-state index in [1.54, 1.807) is 0 Å². The molecular weight excluding hydrogens is 404 g/mol. The lowest BCUT2D eigenvalue weighted by Crippen LogP contribution is -2.39. The Hall–Kier alpha value is -3.00. The van der Waals surface area contributed by atoms with Crippen LogP contribution in [0.3, 0.4) is 0 Å². The molecule has 2 aromatic heterocycles. The van der Waals surface area contributed by atoms with Crippen LogP contribution in [0.15, 0.2) is 34.9 Å². The molecule has 32 heavy (non-hydrogen) atoms. The first-order valence-corrected chi connectivity index (χ1v) is 11.6. The highest BCUT2D eigenvalue weighted by atomic mass is 16.5. The normalized spacial score (nSPS) is 16.8. The van der Waals surface area contributed by atoms with Crippen molar-refractivity contribution < 1.29 is 9.32 Å². The minimum absolute atomic E-state index is 0.214. The van der Waals surface area contributed by atoms with Crippen molar-refractivity contribution in [3.05, 3.63) is 53.0 Å². The monoisotopic (exact) mass is 434 g/mol. The summed E-state index contributed by atoms with van der Waals surface area (Å²) >= 11 is 0. The molecule has 2 aliphatic heterocycles. The summed E-state index contributed by atoms with van der Waals surface area (Å²) in [5.74, 6) is 1.28. The highest BCUT2D eigenvalue weighted by molar-refractivity contribution is 5.77. The van der Waals surface area contributed by atoms with Gasteiger partial charge in [0.1, 0.15) is 0 Å². The second-order valence-electron chi connectivity index (χ2n) is 8.79. The highest BCUT2D eigenvalue weighted by Crippen LogP contribution is 2.29. The lowest BCUT2D eigenvalue weighted by Gasteiger charge is -2.30. The van der Waals surface area contributed by atoms with Crippen LogP contribution in [-0.2, 0) is 31.2 Å². The number of aryl methyl sites for hydroxylation is 1. The minimum atomic E-state index is 0.214. The Kier molecular flexibility index (Phi) is 6.03. The summed E-state index contributed by atoms with van der Waals surface area (Å²) in [6.07, 6.45) is 5.78. The van der Waals surface area contributed by atoms with Gasteiger partial charge in [0.25, 0.3) is 5.89 Å². The van der Waals surface area contributed by atoms with E-state index in [9.17, 15) is 4.79 Å². The lowest BCUT2D eigenvalue weighted by atomic mass is 10.0. The average Bonchev–Trinajstić information content (AvgIpc) is 3.42. The molecule has 0 spiro atoms. The topological polar surface area (TPSA) is 80.3 Å². The maximum absolute atomic E-state index is 12.9. The molecule has 0 unspecified atom stereocenters. The zero-order valence-electron chi connectivity index (χ0n) is 18.7. The SMILES string of the molecule is Cn1nc(-c2nc(Cc3ccccc3)no2)c2c1CCN(C(=O)CCN1CCCCC1)C2. The minimum Gasteiger partial charge on any atom is -0.338 e. The second-order valence-corrected chi connectivity index (χ2v) is 8.79. The van der Waals surface area contributed by atoms with Crippen molar-refractivity contribution in [2.24, 2.45) is 7.05 Å². The van der Waals surface area contributed by atoms with Crippen LogP contribution in [0.4, 0.5) is 0 Å². The molecule has 4 heterocycles. The van der Waals surface area contributed by atoms with Gasteiger partial charge in [0, 0.05) is 57.2 Å². The predicted octanol–water partition coefficient (Wildman–Crippen LogP) is 2.82. The Morgan fingerprint density at radius 2 is 1.91 bits per heavy atom. The van der Waals surface area contributed by atoms with Crippen molar-refractivity contribution in [1.29, 1.82) is 0 Å². The summed E-state index contributed by atoms with van der Waals surface area (Å²) in [5.41, 5.74) is 4.00. The van der Waals surface area contributed by atoms with Crippen LogP contribution in [-0.4, -0.2) is 61.8 Å². The molecule has 1 aromatic carbocycles. The van der Waals surface area contributed by atoms with Crippen molar-refractivity contribution in [2.75, 3.05) is 26.2 Å². The summed E-state index contributed by atoms with van der Waals surface area (Å²) in [5, 5.41) is 8.83. The van der Waals surface area contributed by atoms with Crippen LogP contribution in [0.5, 0.6) is 0 Å². The number of aromatic nitrogens is 4. The van der Waals surface area contributed by atoms with E-state index in [-0.39, 0.29) is 5.91 Å². The molecule has 0 radical (unpaired) electrons. The molecule has 0 atom stereocenters. The van der Waals surface area contributed by atoms with Gasteiger partial charge in [0.05, 0.1) is 0 Å². The smallest absolute Gasteiger partial charge is 0.278 e. The van der Waals surface area contributed by atoms with Gasteiger partial charge in [0.2, 0.25) is 5.91 Å². The number of amides is 1. The summed E-state index contributed by atoms with van der Waals surface area (Å²) in [4.78, 5) is 21.9. The summed E-state index contributed by atoms with van der Waals surface area (Å²) in [7, 11) is 1.94. The lowest BCUT2D eigenvalue weighted by molar-refractivity contribution is -0.132. The number of fused-ring (bicyclic) bond motifs is 1. The quantitative estimate of drug-likeness (QED) is 0.594. The number of carbonyl (C=O) groups is 1. The van der Waals surface area contributed by atoms with Crippen molar-refractivity contribution in [1.82, 2.24) is 29.7 Å². The van der Waals surface area contributed by atoms with Crippen molar-refractivity contribution >= 4 is 5.91 Å². The summed E-state index contributed by atoms with van der Waals surface area (Å²) < 4.78 is 7.47. The first kappa shape index (κ1) is 20.9. The summed E-state index contributed by atoms with van der Waals surface area (Å²) in [6.45, 7) is 4.37. The number of likely N-dealkylation sites (tertiary alicyclic amines) is 1. The molecule has 2 aliphatic rings. The zero-order chi connectivity index (χ0) is 21.9. The van der Waals surface area contributed by atoms with Crippen molar-refractivity contribution in [3.63, 3.8) is 0 Å². The molecule has 1 saturated heterocycles. The Labute approximate surface area is 188 Å². The number of rotatable bonds is 6. The van der Waals surface area contributed by atoms with Gasteiger partial charge in [-0.1, -0.05) is 41.9 Å². The first-order chi connectivity index (χ1) is 15.7. The van der Waals surface area contributed by atoms with E-state index in [2.05, 4.69) is 20.1 Å². The van der Waals surface area contributed by atoms with Gasteiger partial charge in [0.15, 0.2) is 11.5 Å². The second kappa shape index (κ2) is 9.24. The average molecular weight is 435 g/mol. The largest absolute Gasteiger partial charge is 0.338 e. The van der Waals surface area contributed by atoms with E-state index in [0.29, 0.717) is 36.8 Å². The van der Waals surface area contributed by atoms with Crippen LogP contribution in [0.2, 0.25) is 0 Å². The predicted molar refractivity (Wildman–Crippen MR) is 120 cm³/mol. The van der Waals surface area contributed by atoms with E-state index in [1.165, 1.54) is 19.3 Å². The van der Waals surface area contributed by atoms with Crippen molar-refractivity contribution in [3.8, 4) is 11.6 Å². The van der Waals surface area contributed by atoms with Gasteiger partial charge in [-0.05, 0) is 31.5 Å². The number of carbonyl (C=O) groups excluding carboxylic acids is 1. The fourth-order valence-corrected chi connectivity index (χ4v) is 4.77. The Bertz CT molecular complexity index is 1070. The molecule has 0 aliphatic carbocycles. The molecule has 0 saturated carbocycles. The number of hydrogen-bond donors (Lipinski definition) is 0. The molecule has 8 nitrogen and oxygen atoms in total. The molecule has 1 fully saturated rings. The molecule has 168 valence electrons. The standard InChI is InChI=1S/C24H30N6O2/c1-28-20-10-15-30(22(31)11-14-29-12-6-3-7-13-29)17-19(20)23(26-28)24-25-21(27-32-24)16-18-8-4-2-5-9-18/h2,4-5,8-9H,3,6-7,10-17H2,1H3. The van der Waals surface area contributed by atoms with Gasteiger partial charge >= 0.3 is 0 Å². The number of hydrogen-bond acceptors (Lipinski definition) is 6. The molecule has 3 aromatic rings. The van der Waals surface area contributed by atoms with E-state index >= 15 is 0 Å². The maximum atomic E-state index is 12.9. The number of piperidine rings is 1. The van der Waals surface area contributed by atoms with E-state index in [0.717, 1.165) is 49.4 Å². The highest BCUT2D eigenvalue weighted by Gasteiger charge is 2.29. The fourth-order valence-electron chi connectivity index (χ4n) is 4.77. The van der Waals surface area contributed by atoms with E-state index in [1.807, 2.05) is 47.0 Å². The van der Waals surface area contributed by atoms with Crippen LogP contribution in [0.1, 0.15) is 48.3 Å². The van der Waals surface area contributed by atoms with Crippen LogP contribution < -0.4 is 0 Å². The Morgan fingerprint density at radius 3 is 2.72 bits per heavy atom. The van der Waals surface area contributed by atoms with Gasteiger partial charge in [-0.25, -0.2) is 0 Å². The van der Waals surface area contributed by atoms with Gasteiger partial charge in [-0.2, -0.15) is 10.1 Å². The van der Waals surface area contributed by atoms with Crippen LogP contribution in [0.25, 0.3) is 11.6 Å². The van der Waals surface area contributed by atoms with Gasteiger partial charge in [-0.15, -0.1) is 0 Å². The fraction of sp³-hybridized carbons (Fsp3) is 0.500. The molecule has 0 bridgehead atoms. The van der Waals surface area contributed by atoms with Crippen molar-refractivity contribution in [2.45, 2.75) is 45.1 Å².